The minimum Gasteiger partial charge on any atom is -0.507 e. The molecule has 0 aromatic heterocycles. The molecule has 1 aliphatic rings. The fraction of sp³-hybridized carbons (Fsp3) is 0.0909. The minimum absolute atomic E-state index is 0.0741. The van der Waals surface area contributed by atoms with Crippen LogP contribution in [-0.4, -0.2) is 34.1 Å². The Morgan fingerprint density at radius 3 is 2.57 bits per heavy atom. The van der Waals surface area contributed by atoms with Crippen molar-refractivity contribution >= 4 is 45.7 Å². The quantitative estimate of drug-likeness (QED) is 0.705. The average Bonchev–Trinajstić information content (AvgIpc) is 2.71. The first kappa shape index (κ1) is 18.1. The van der Waals surface area contributed by atoms with Crippen molar-refractivity contribution in [2.45, 2.75) is 0 Å². The molecule has 6 heteroatoms. The van der Waals surface area contributed by atoms with Crippen molar-refractivity contribution in [3.63, 3.8) is 0 Å². The van der Waals surface area contributed by atoms with E-state index in [2.05, 4.69) is 5.32 Å². The molecule has 0 spiro atoms. The van der Waals surface area contributed by atoms with E-state index in [9.17, 15) is 14.7 Å². The maximum atomic E-state index is 12.7. The second-order valence-electron chi connectivity index (χ2n) is 6.39. The minimum atomic E-state index is -0.294. The molecule has 0 atom stereocenters. The van der Waals surface area contributed by atoms with E-state index in [0.717, 1.165) is 16.6 Å². The third-order valence-corrected chi connectivity index (χ3v) is 5.34. The van der Waals surface area contributed by atoms with Gasteiger partial charge in [-0.2, -0.15) is 0 Å². The normalized spacial score (nSPS) is 14.1. The first-order valence-corrected chi connectivity index (χ1v) is 9.86. The zero-order valence-corrected chi connectivity index (χ0v) is 15.8. The molecule has 2 amide bonds. The topological polar surface area (TPSA) is 69.6 Å². The number of nitrogens with one attached hydrogen (secondary N) is 1. The van der Waals surface area contributed by atoms with Crippen LogP contribution >= 0.6 is 11.8 Å². The van der Waals surface area contributed by atoms with Crippen LogP contribution in [0.4, 0.5) is 5.69 Å². The smallest absolute Gasteiger partial charge is 0.244 e. The van der Waals surface area contributed by atoms with E-state index in [4.69, 9.17) is 0 Å². The van der Waals surface area contributed by atoms with Crippen molar-refractivity contribution in [2.24, 2.45) is 0 Å². The number of nitrogens with zero attached hydrogens (tertiary/aromatic N) is 1. The molecular weight excluding hydrogens is 372 g/mol. The van der Waals surface area contributed by atoms with E-state index in [1.807, 2.05) is 41.8 Å². The summed E-state index contributed by atoms with van der Waals surface area (Å²) in [7, 11) is 0. The van der Waals surface area contributed by atoms with Crippen molar-refractivity contribution in [2.75, 3.05) is 17.6 Å². The van der Waals surface area contributed by atoms with Crippen LogP contribution in [0, 0.1) is 0 Å². The lowest BCUT2D eigenvalue weighted by molar-refractivity contribution is -0.129. The fourth-order valence-corrected chi connectivity index (χ4v) is 4.01. The van der Waals surface area contributed by atoms with Crippen LogP contribution in [0.1, 0.15) is 5.56 Å². The van der Waals surface area contributed by atoms with Gasteiger partial charge in [-0.3, -0.25) is 9.59 Å². The second-order valence-corrected chi connectivity index (χ2v) is 7.24. The van der Waals surface area contributed by atoms with E-state index in [0.29, 0.717) is 16.8 Å². The summed E-state index contributed by atoms with van der Waals surface area (Å²) in [6.07, 6.45) is 0. The van der Waals surface area contributed by atoms with Gasteiger partial charge in [0.1, 0.15) is 12.3 Å². The van der Waals surface area contributed by atoms with Gasteiger partial charge < -0.3 is 15.3 Å². The molecule has 1 heterocycles. The first-order valence-electron chi connectivity index (χ1n) is 8.81. The molecule has 0 unspecified atom stereocenters. The molecule has 5 nitrogen and oxygen atoms in total. The van der Waals surface area contributed by atoms with Gasteiger partial charge in [0.25, 0.3) is 0 Å². The first-order chi connectivity index (χ1) is 13.6. The van der Waals surface area contributed by atoms with Gasteiger partial charge in [-0.1, -0.05) is 54.6 Å². The molecular formula is C22H18N2O3S. The highest BCUT2D eigenvalue weighted by Crippen LogP contribution is 2.31. The van der Waals surface area contributed by atoms with Gasteiger partial charge in [0, 0.05) is 16.5 Å². The third kappa shape index (κ3) is 3.59. The summed E-state index contributed by atoms with van der Waals surface area (Å²) < 4.78 is 0. The number of phenolic OH excluding ortho intramolecular Hbond substituents is 1. The van der Waals surface area contributed by atoms with E-state index in [-0.39, 0.29) is 24.1 Å². The second kappa shape index (κ2) is 7.78. The van der Waals surface area contributed by atoms with Crippen LogP contribution in [-0.2, 0) is 9.59 Å². The molecule has 3 aromatic rings. The molecule has 2 N–H and O–H groups in total. The molecule has 28 heavy (non-hydrogen) atoms. The number of benzene rings is 3. The maximum absolute atomic E-state index is 12.7. The van der Waals surface area contributed by atoms with Crippen molar-refractivity contribution in [1.82, 2.24) is 4.90 Å². The molecule has 3 aromatic carbocycles. The van der Waals surface area contributed by atoms with Gasteiger partial charge in [0.2, 0.25) is 11.8 Å². The van der Waals surface area contributed by atoms with Gasteiger partial charge in [-0.25, -0.2) is 0 Å². The lowest BCUT2D eigenvalue weighted by atomic mass is 10.1. The van der Waals surface area contributed by atoms with Crippen LogP contribution in [0.25, 0.3) is 16.5 Å². The standard InChI is InChI=1S/C22H18N2O3S/c25-20-11-5-8-16-17(20)9-4-10-18(16)23-21(26)12-24-19(13-28-14-22(24)27)15-6-2-1-3-7-15/h1-11,13,25H,12,14H2,(H,23,26). The van der Waals surface area contributed by atoms with Gasteiger partial charge in [-0.15, -0.1) is 11.8 Å². The Morgan fingerprint density at radius 1 is 1.00 bits per heavy atom. The summed E-state index contributed by atoms with van der Waals surface area (Å²) >= 11 is 1.43. The van der Waals surface area contributed by atoms with Crippen molar-refractivity contribution in [3.05, 3.63) is 77.7 Å². The number of amides is 2. The molecule has 0 radical (unpaired) electrons. The molecule has 4 rings (SSSR count). The number of thioether (sulfide) groups is 1. The largest absolute Gasteiger partial charge is 0.507 e. The molecule has 0 saturated carbocycles. The highest BCUT2D eigenvalue weighted by atomic mass is 32.2. The van der Waals surface area contributed by atoms with E-state index >= 15 is 0 Å². The summed E-state index contributed by atoms with van der Waals surface area (Å²) in [6.45, 7) is -0.0741. The van der Waals surface area contributed by atoms with Gasteiger partial charge in [0.15, 0.2) is 0 Å². The zero-order valence-electron chi connectivity index (χ0n) is 15.0. The molecule has 0 saturated heterocycles. The molecule has 0 bridgehead atoms. The lowest BCUT2D eigenvalue weighted by Crippen LogP contribution is -2.39. The monoisotopic (exact) mass is 390 g/mol. The van der Waals surface area contributed by atoms with Crippen LogP contribution in [0.2, 0.25) is 0 Å². The summed E-state index contributed by atoms with van der Waals surface area (Å²) in [6, 6.07) is 20.1. The summed E-state index contributed by atoms with van der Waals surface area (Å²) in [5, 5.41) is 16.2. The highest BCUT2D eigenvalue weighted by molar-refractivity contribution is 8.03. The Hall–Kier alpha value is -3.25. The molecule has 1 aliphatic heterocycles. The number of carbonyl (C=O) groups excluding carboxylic acids is 2. The highest BCUT2D eigenvalue weighted by Gasteiger charge is 2.25. The number of rotatable bonds is 4. The number of phenols is 1. The Morgan fingerprint density at radius 2 is 1.75 bits per heavy atom. The van der Waals surface area contributed by atoms with Crippen LogP contribution < -0.4 is 5.32 Å². The SMILES string of the molecule is O=C(CN1C(=O)CSC=C1c1ccccc1)Nc1cccc2c(O)cccc12. The molecule has 0 aliphatic carbocycles. The van der Waals surface area contributed by atoms with Crippen LogP contribution in [0.15, 0.2) is 72.1 Å². The number of hydrogen-bond donors (Lipinski definition) is 2. The zero-order chi connectivity index (χ0) is 19.5. The van der Waals surface area contributed by atoms with Crippen molar-refractivity contribution in [3.8, 4) is 5.75 Å². The predicted octanol–water partition coefficient (Wildman–Crippen LogP) is 4.06. The summed E-state index contributed by atoms with van der Waals surface area (Å²) in [5.41, 5.74) is 2.22. The van der Waals surface area contributed by atoms with Gasteiger partial charge >= 0.3 is 0 Å². The summed E-state index contributed by atoms with van der Waals surface area (Å²) in [4.78, 5) is 26.7. The average molecular weight is 390 g/mol. The third-order valence-electron chi connectivity index (χ3n) is 4.54. The van der Waals surface area contributed by atoms with E-state index in [1.54, 1.807) is 30.3 Å². The van der Waals surface area contributed by atoms with Gasteiger partial charge in [0.05, 0.1) is 11.4 Å². The lowest BCUT2D eigenvalue weighted by Gasteiger charge is -2.28. The number of anilines is 1. The Bertz CT molecular complexity index is 1080. The van der Waals surface area contributed by atoms with Crippen molar-refractivity contribution < 1.29 is 14.7 Å². The predicted molar refractivity (Wildman–Crippen MR) is 113 cm³/mol. The number of fused-ring (bicyclic) bond motifs is 1. The number of aromatic hydroxyl groups is 1. The number of hydrogen-bond acceptors (Lipinski definition) is 4. The summed E-state index contributed by atoms with van der Waals surface area (Å²) in [5.74, 6) is 0.0762. The Balaban J connectivity index is 1.58. The fourth-order valence-electron chi connectivity index (χ4n) is 3.21. The van der Waals surface area contributed by atoms with E-state index < -0.39 is 0 Å². The maximum Gasteiger partial charge on any atom is 0.244 e. The van der Waals surface area contributed by atoms with Crippen LogP contribution in [0.5, 0.6) is 5.75 Å². The Labute approximate surface area is 166 Å². The Kier molecular flexibility index (Phi) is 5.04. The number of carbonyl (C=O) groups is 2. The van der Waals surface area contributed by atoms with Crippen LogP contribution in [0.3, 0.4) is 0 Å². The van der Waals surface area contributed by atoms with Crippen molar-refractivity contribution in [1.29, 1.82) is 0 Å². The van der Waals surface area contributed by atoms with Gasteiger partial charge in [-0.05, 0) is 23.1 Å². The molecule has 0 fully saturated rings. The van der Waals surface area contributed by atoms with E-state index in [1.165, 1.54) is 16.7 Å². The molecule has 140 valence electrons.